The molecule has 0 atom stereocenters. The Balaban J connectivity index is 2.80. The van der Waals surface area contributed by atoms with Crippen molar-refractivity contribution in [3.05, 3.63) is 23.8 Å². The molecule has 1 aromatic rings. The standard InChI is InChI=1S/C11H17N3O4S/c1-7(2)18-11(15)14-19(16,17)13-10-6-9(12)5-4-8(10)3/h4-7,13H,12H2,1-3H3,(H,14,15). The van der Waals surface area contributed by atoms with Crippen LogP contribution < -0.4 is 15.2 Å². The molecule has 0 fully saturated rings. The van der Waals surface area contributed by atoms with Crippen LogP contribution in [0, 0.1) is 6.92 Å². The lowest BCUT2D eigenvalue weighted by Crippen LogP contribution is -2.37. The van der Waals surface area contributed by atoms with Gasteiger partial charge in [0.25, 0.3) is 0 Å². The Kier molecular flexibility index (Phi) is 4.60. The monoisotopic (exact) mass is 287 g/mol. The van der Waals surface area contributed by atoms with E-state index in [1.54, 1.807) is 37.6 Å². The van der Waals surface area contributed by atoms with E-state index in [1.807, 2.05) is 0 Å². The SMILES string of the molecule is Cc1ccc(N)cc1NS(=O)(=O)NC(=O)OC(C)C. The van der Waals surface area contributed by atoms with Gasteiger partial charge in [-0.1, -0.05) is 6.07 Å². The van der Waals surface area contributed by atoms with Gasteiger partial charge in [-0.25, -0.2) is 9.52 Å². The van der Waals surface area contributed by atoms with E-state index in [0.29, 0.717) is 16.9 Å². The Labute approximate surface area is 112 Å². The summed E-state index contributed by atoms with van der Waals surface area (Å²) in [4.78, 5) is 11.2. The molecule has 0 unspecified atom stereocenters. The zero-order valence-electron chi connectivity index (χ0n) is 10.9. The predicted octanol–water partition coefficient (Wildman–Crippen LogP) is 1.37. The number of benzene rings is 1. The highest BCUT2D eigenvalue weighted by Crippen LogP contribution is 2.18. The van der Waals surface area contributed by atoms with Crippen molar-refractivity contribution >= 4 is 27.7 Å². The third-order valence-corrected chi connectivity index (χ3v) is 2.99. The maximum Gasteiger partial charge on any atom is 0.422 e. The molecular weight excluding hydrogens is 270 g/mol. The van der Waals surface area contributed by atoms with E-state index < -0.39 is 22.4 Å². The minimum absolute atomic E-state index is 0.296. The van der Waals surface area contributed by atoms with E-state index in [-0.39, 0.29) is 0 Å². The van der Waals surface area contributed by atoms with Crippen molar-refractivity contribution < 1.29 is 17.9 Å². The molecule has 0 aliphatic heterocycles. The lowest BCUT2D eigenvalue weighted by molar-refractivity contribution is 0.121. The third-order valence-electron chi connectivity index (χ3n) is 2.07. The van der Waals surface area contributed by atoms with Gasteiger partial charge in [-0.2, -0.15) is 8.42 Å². The Morgan fingerprint density at radius 1 is 1.37 bits per heavy atom. The summed E-state index contributed by atoms with van der Waals surface area (Å²) >= 11 is 0. The van der Waals surface area contributed by atoms with Crippen LogP contribution in [0.2, 0.25) is 0 Å². The number of carbonyl (C=O) groups excluding carboxylic acids is 1. The van der Waals surface area contributed by atoms with Gasteiger partial charge in [-0.05, 0) is 38.5 Å². The van der Waals surface area contributed by atoms with Gasteiger partial charge < -0.3 is 10.5 Å². The van der Waals surface area contributed by atoms with Gasteiger partial charge in [0.05, 0.1) is 11.8 Å². The van der Waals surface area contributed by atoms with Crippen molar-refractivity contribution in [1.82, 2.24) is 4.72 Å². The summed E-state index contributed by atoms with van der Waals surface area (Å²) in [5.74, 6) is 0. The zero-order valence-corrected chi connectivity index (χ0v) is 11.7. The lowest BCUT2D eigenvalue weighted by atomic mass is 10.2. The highest BCUT2D eigenvalue weighted by molar-refractivity contribution is 7.91. The molecule has 0 saturated heterocycles. The van der Waals surface area contributed by atoms with Gasteiger partial charge in [0, 0.05) is 5.69 Å². The zero-order chi connectivity index (χ0) is 14.6. The molecular formula is C11H17N3O4S. The molecule has 0 aliphatic carbocycles. The number of nitrogen functional groups attached to an aromatic ring is 1. The number of hydrogen-bond acceptors (Lipinski definition) is 5. The van der Waals surface area contributed by atoms with Crippen LogP contribution in [-0.2, 0) is 14.9 Å². The van der Waals surface area contributed by atoms with Crippen molar-refractivity contribution in [2.45, 2.75) is 26.9 Å². The number of anilines is 2. The van der Waals surface area contributed by atoms with Crippen molar-refractivity contribution in [2.75, 3.05) is 10.5 Å². The number of nitrogens with one attached hydrogen (secondary N) is 2. The minimum atomic E-state index is -4.05. The van der Waals surface area contributed by atoms with Crippen LogP contribution in [0.3, 0.4) is 0 Å². The lowest BCUT2D eigenvalue weighted by Gasteiger charge is -2.13. The average molecular weight is 287 g/mol. The van der Waals surface area contributed by atoms with E-state index in [0.717, 1.165) is 0 Å². The maximum atomic E-state index is 11.7. The number of hydrogen-bond donors (Lipinski definition) is 3. The number of nitrogens with two attached hydrogens (primary N) is 1. The summed E-state index contributed by atoms with van der Waals surface area (Å²) in [7, 11) is -4.05. The molecule has 106 valence electrons. The van der Waals surface area contributed by atoms with Gasteiger partial charge in [-0.15, -0.1) is 0 Å². The van der Waals surface area contributed by atoms with Crippen molar-refractivity contribution in [3.63, 3.8) is 0 Å². The van der Waals surface area contributed by atoms with Crippen molar-refractivity contribution in [1.29, 1.82) is 0 Å². The van der Waals surface area contributed by atoms with E-state index >= 15 is 0 Å². The fraction of sp³-hybridized carbons (Fsp3) is 0.364. The van der Waals surface area contributed by atoms with Crippen LogP contribution in [0.1, 0.15) is 19.4 Å². The second kappa shape index (κ2) is 5.79. The van der Waals surface area contributed by atoms with Crippen LogP contribution in [0.5, 0.6) is 0 Å². The first kappa shape index (κ1) is 15.1. The second-order valence-electron chi connectivity index (χ2n) is 4.24. The van der Waals surface area contributed by atoms with Crippen LogP contribution >= 0.6 is 0 Å². The van der Waals surface area contributed by atoms with Crippen molar-refractivity contribution in [2.24, 2.45) is 0 Å². The molecule has 0 aliphatic rings. The number of amides is 1. The maximum absolute atomic E-state index is 11.7. The number of aryl methyl sites for hydroxylation is 1. The Morgan fingerprint density at radius 3 is 2.58 bits per heavy atom. The molecule has 0 spiro atoms. The van der Waals surface area contributed by atoms with Gasteiger partial charge >= 0.3 is 16.3 Å². The van der Waals surface area contributed by atoms with E-state index in [1.165, 1.54) is 6.07 Å². The number of rotatable bonds is 4. The Hall–Kier alpha value is -1.96. The quantitative estimate of drug-likeness (QED) is 0.724. The highest BCUT2D eigenvalue weighted by Gasteiger charge is 2.17. The molecule has 1 amide bonds. The first-order valence-electron chi connectivity index (χ1n) is 5.57. The fourth-order valence-corrected chi connectivity index (χ4v) is 2.10. The first-order chi connectivity index (χ1) is 8.69. The average Bonchev–Trinajstić information content (AvgIpc) is 2.20. The minimum Gasteiger partial charge on any atom is -0.446 e. The smallest absolute Gasteiger partial charge is 0.422 e. The van der Waals surface area contributed by atoms with Crippen LogP contribution in [-0.4, -0.2) is 20.6 Å². The summed E-state index contributed by atoms with van der Waals surface area (Å²) in [5, 5.41) is 0. The van der Waals surface area contributed by atoms with Gasteiger partial charge in [0.2, 0.25) is 0 Å². The normalized spacial score (nSPS) is 11.2. The molecule has 0 saturated carbocycles. The Morgan fingerprint density at radius 2 is 2.00 bits per heavy atom. The van der Waals surface area contributed by atoms with Crippen molar-refractivity contribution in [3.8, 4) is 0 Å². The van der Waals surface area contributed by atoms with Crippen LogP contribution in [0.25, 0.3) is 0 Å². The molecule has 8 heteroatoms. The van der Waals surface area contributed by atoms with E-state index in [9.17, 15) is 13.2 Å². The van der Waals surface area contributed by atoms with Crippen LogP contribution in [0.4, 0.5) is 16.2 Å². The van der Waals surface area contributed by atoms with Gasteiger partial charge in [0.15, 0.2) is 0 Å². The summed E-state index contributed by atoms with van der Waals surface area (Å²) in [6.45, 7) is 4.94. The molecule has 0 bridgehead atoms. The summed E-state index contributed by atoms with van der Waals surface area (Å²) < 4.78 is 32.0. The number of ether oxygens (including phenoxy) is 1. The molecule has 19 heavy (non-hydrogen) atoms. The largest absolute Gasteiger partial charge is 0.446 e. The van der Waals surface area contributed by atoms with E-state index in [4.69, 9.17) is 5.73 Å². The van der Waals surface area contributed by atoms with Crippen LogP contribution in [0.15, 0.2) is 18.2 Å². The second-order valence-corrected chi connectivity index (χ2v) is 5.65. The molecule has 1 aromatic carbocycles. The topological polar surface area (TPSA) is 111 Å². The number of carbonyl (C=O) groups is 1. The molecule has 0 aromatic heterocycles. The molecule has 1 rings (SSSR count). The Bertz CT molecular complexity index is 569. The predicted molar refractivity (Wildman–Crippen MR) is 72.9 cm³/mol. The summed E-state index contributed by atoms with van der Waals surface area (Å²) in [6.07, 6.45) is -1.45. The molecule has 0 radical (unpaired) electrons. The molecule has 7 nitrogen and oxygen atoms in total. The summed E-state index contributed by atoms with van der Waals surface area (Å²) in [5.41, 5.74) is 6.95. The van der Waals surface area contributed by atoms with E-state index in [2.05, 4.69) is 9.46 Å². The third kappa shape index (κ3) is 5.04. The summed E-state index contributed by atoms with van der Waals surface area (Å²) in [6, 6.07) is 4.77. The first-order valence-corrected chi connectivity index (χ1v) is 7.05. The molecule has 4 N–H and O–H groups in total. The van der Waals surface area contributed by atoms with Gasteiger partial charge in [-0.3, -0.25) is 4.72 Å². The highest BCUT2D eigenvalue weighted by atomic mass is 32.2. The fourth-order valence-electron chi connectivity index (χ4n) is 1.27. The molecule has 0 heterocycles. The van der Waals surface area contributed by atoms with Gasteiger partial charge in [0.1, 0.15) is 0 Å².